The van der Waals surface area contributed by atoms with Crippen molar-refractivity contribution < 1.29 is 19.1 Å². The van der Waals surface area contributed by atoms with Gasteiger partial charge in [-0.2, -0.15) is 5.26 Å². The van der Waals surface area contributed by atoms with Crippen molar-refractivity contribution in [3.05, 3.63) is 0 Å². The molecule has 0 N–H and O–H groups in total. The predicted octanol–water partition coefficient (Wildman–Crippen LogP) is 0.395. The van der Waals surface area contributed by atoms with Crippen LogP contribution in [0.5, 0.6) is 0 Å². The van der Waals surface area contributed by atoms with E-state index in [1.807, 2.05) is 0 Å². The molecule has 5 heteroatoms. The van der Waals surface area contributed by atoms with Gasteiger partial charge in [-0.05, 0) is 6.92 Å². The molecule has 0 saturated heterocycles. The summed E-state index contributed by atoms with van der Waals surface area (Å²) in [5.74, 6) is -1.13. The monoisotopic (exact) mass is 185 g/mol. The molecule has 0 bridgehead atoms. The number of carbonyl (C=O) groups is 2. The molecule has 5 nitrogen and oxygen atoms in total. The van der Waals surface area contributed by atoms with E-state index in [2.05, 4.69) is 9.47 Å². The third-order valence-electron chi connectivity index (χ3n) is 1.11. The van der Waals surface area contributed by atoms with Crippen LogP contribution in [0.2, 0.25) is 0 Å². The number of carbonyl (C=O) groups excluding carboxylic acids is 2. The smallest absolute Gasteiger partial charge is 0.310 e. The van der Waals surface area contributed by atoms with Crippen molar-refractivity contribution >= 4 is 11.9 Å². The van der Waals surface area contributed by atoms with Gasteiger partial charge < -0.3 is 9.47 Å². The molecule has 0 aromatic rings. The highest BCUT2D eigenvalue weighted by atomic mass is 16.6. The summed E-state index contributed by atoms with van der Waals surface area (Å²) in [6.45, 7) is 3.08. The molecule has 0 aliphatic heterocycles. The molecule has 0 heterocycles. The van der Waals surface area contributed by atoms with E-state index < -0.39 is 18.0 Å². The fraction of sp³-hybridized carbons (Fsp3) is 0.625. The number of nitriles is 1. The average molecular weight is 185 g/mol. The first kappa shape index (κ1) is 11.4. The van der Waals surface area contributed by atoms with Crippen LogP contribution in [-0.2, 0) is 19.1 Å². The van der Waals surface area contributed by atoms with E-state index in [9.17, 15) is 9.59 Å². The zero-order valence-electron chi connectivity index (χ0n) is 7.57. The van der Waals surface area contributed by atoms with Crippen LogP contribution in [0.15, 0.2) is 0 Å². The molecular weight excluding hydrogens is 174 g/mol. The number of ether oxygens (including phenoxy) is 2. The molecule has 0 aliphatic carbocycles. The van der Waals surface area contributed by atoms with Crippen LogP contribution in [-0.4, -0.2) is 24.6 Å². The van der Waals surface area contributed by atoms with E-state index in [4.69, 9.17) is 5.26 Å². The first-order valence-electron chi connectivity index (χ1n) is 3.82. The second-order valence-corrected chi connectivity index (χ2v) is 2.24. The van der Waals surface area contributed by atoms with Gasteiger partial charge in [0.2, 0.25) is 0 Å². The van der Waals surface area contributed by atoms with E-state index >= 15 is 0 Å². The van der Waals surface area contributed by atoms with Crippen LogP contribution in [0.1, 0.15) is 20.3 Å². The first-order valence-corrected chi connectivity index (χ1v) is 3.82. The second-order valence-electron chi connectivity index (χ2n) is 2.24. The van der Waals surface area contributed by atoms with Crippen molar-refractivity contribution in [3.63, 3.8) is 0 Å². The lowest BCUT2D eigenvalue weighted by Crippen LogP contribution is -2.19. The highest BCUT2D eigenvalue weighted by Gasteiger charge is 2.16. The lowest BCUT2D eigenvalue weighted by atomic mass is 10.3. The summed E-state index contributed by atoms with van der Waals surface area (Å²) in [6.07, 6.45) is -1.26. The summed E-state index contributed by atoms with van der Waals surface area (Å²) in [4.78, 5) is 21.3. The molecule has 0 aromatic heterocycles. The van der Waals surface area contributed by atoms with Gasteiger partial charge in [0.15, 0.2) is 6.10 Å². The average Bonchev–Trinajstić information content (AvgIpc) is 2.02. The molecule has 1 atom stereocenters. The van der Waals surface area contributed by atoms with E-state index in [0.29, 0.717) is 0 Å². The fourth-order valence-electron chi connectivity index (χ4n) is 0.685. The molecule has 72 valence electrons. The zero-order chi connectivity index (χ0) is 10.3. The van der Waals surface area contributed by atoms with E-state index in [1.165, 1.54) is 6.92 Å². The summed E-state index contributed by atoms with van der Waals surface area (Å²) in [6, 6.07) is 1.68. The fourth-order valence-corrected chi connectivity index (χ4v) is 0.685. The summed E-state index contributed by atoms with van der Waals surface area (Å²) < 4.78 is 9.09. The van der Waals surface area contributed by atoms with Gasteiger partial charge in [0.1, 0.15) is 6.07 Å². The molecule has 0 saturated carbocycles. The van der Waals surface area contributed by atoms with Crippen molar-refractivity contribution in [2.45, 2.75) is 26.4 Å². The summed E-state index contributed by atoms with van der Waals surface area (Å²) >= 11 is 0. The molecular formula is C8H11NO4. The van der Waals surface area contributed by atoms with Crippen LogP contribution in [0.4, 0.5) is 0 Å². The van der Waals surface area contributed by atoms with Gasteiger partial charge in [-0.3, -0.25) is 9.59 Å². The quantitative estimate of drug-likeness (QED) is 0.592. The summed E-state index contributed by atoms with van der Waals surface area (Å²) in [5, 5.41) is 8.46. The van der Waals surface area contributed by atoms with Gasteiger partial charge in [-0.15, -0.1) is 0 Å². The van der Waals surface area contributed by atoms with Crippen molar-refractivity contribution in [2.75, 3.05) is 6.61 Å². The lowest BCUT2D eigenvalue weighted by molar-refractivity contribution is -0.150. The van der Waals surface area contributed by atoms with Crippen molar-refractivity contribution in [3.8, 4) is 6.07 Å². The lowest BCUT2D eigenvalue weighted by Gasteiger charge is -2.07. The van der Waals surface area contributed by atoms with Gasteiger partial charge in [0.05, 0.1) is 13.0 Å². The number of esters is 2. The first-order chi connectivity index (χ1) is 6.10. The Hall–Kier alpha value is -1.57. The van der Waals surface area contributed by atoms with Crippen LogP contribution < -0.4 is 0 Å². The molecule has 0 radical (unpaired) electrons. The van der Waals surface area contributed by atoms with Crippen molar-refractivity contribution in [1.82, 2.24) is 0 Å². The minimum Gasteiger partial charge on any atom is -0.466 e. The van der Waals surface area contributed by atoms with Crippen molar-refractivity contribution in [1.29, 1.82) is 5.26 Å². The third-order valence-corrected chi connectivity index (χ3v) is 1.11. The normalized spacial score (nSPS) is 11.2. The molecule has 0 fully saturated rings. The number of nitrogens with zero attached hydrogens (tertiary/aromatic N) is 1. The van der Waals surface area contributed by atoms with Gasteiger partial charge in [-0.25, -0.2) is 0 Å². The Morgan fingerprint density at radius 3 is 2.54 bits per heavy atom. The molecule has 0 spiro atoms. The molecule has 13 heavy (non-hydrogen) atoms. The van der Waals surface area contributed by atoms with E-state index in [-0.39, 0.29) is 13.0 Å². The Morgan fingerprint density at radius 1 is 1.54 bits per heavy atom. The maximum Gasteiger partial charge on any atom is 0.310 e. The standard InChI is InChI=1S/C8H11NO4/c1-3-12-8(11)4-7(5-9)13-6(2)10/h7H,3-4H2,1-2H3. The number of rotatable bonds is 4. The van der Waals surface area contributed by atoms with Gasteiger partial charge in [0, 0.05) is 6.92 Å². The predicted molar refractivity (Wildman–Crippen MR) is 42.4 cm³/mol. The molecule has 0 rings (SSSR count). The van der Waals surface area contributed by atoms with Gasteiger partial charge in [-0.1, -0.05) is 0 Å². The van der Waals surface area contributed by atoms with Crippen LogP contribution in [0.3, 0.4) is 0 Å². The Balaban J connectivity index is 3.92. The summed E-state index contributed by atoms with van der Waals surface area (Å²) in [7, 11) is 0. The third kappa shape index (κ3) is 5.67. The number of hydrogen-bond acceptors (Lipinski definition) is 5. The second kappa shape index (κ2) is 6.00. The largest absolute Gasteiger partial charge is 0.466 e. The molecule has 1 unspecified atom stereocenters. The Kier molecular flexibility index (Phi) is 5.28. The topological polar surface area (TPSA) is 76.4 Å². The van der Waals surface area contributed by atoms with E-state index in [1.54, 1.807) is 13.0 Å². The van der Waals surface area contributed by atoms with Gasteiger partial charge in [0.25, 0.3) is 0 Å². The van der Waals surface area contributed by atoms with E-state index in [0.717, 1.165) is 0 Å². The van der Waals surface area contributed by atoms with Gasteiger partial charge >= 0.3 is 11.9 Å². The Bertz CT molecular complexity index is 231. The molecule has 0 amide bonds. The minimum atomic E-state index is -1.04. The maximum absolute atomic E-state index is 10.8. The highest BCUT2D eigenvalue weighted by Crippen LogP contribution is 1.99. The highest BCUT2D eigenvalue weighted by molar-refractivity contribution is 5.72. The van der Waals surface area contributed by atoms with Crippen LogP contribution in [0, 0.1) is 11.3 Å². The zero-order valence-corrected chi connectivity index (χ0v) is 7.57. The molecule has 0 aliphatic rings. The maximum atomic E-state index is 10.8. The van der Waals surface area contributed by atoms with Crippen molar-refractivity contribution in [2.24, 2.45) is 0 Å². The summed E-state index contributed by atoms with van der Waals surface area (Å²) in [5.41, 5.74) is 0. The number of hydrogen-bond donors (Lipinski definition) is 0. The minimum absolute atomic E-state index is 0.218. The molecule has 0 aromatic carbocycles. The Morgan fingerprint density at radius 2 is 2.15 bits per heavy atom. The SMILES string of the molecule is CCOC(=O)CC(C#N)OC(C)=O. The van der Waals surface area contributed by atoms with Crippen LogP contribution in [0.25, 0.3) is 0 Å². The Labute approximate surface area is 76.2 Å². The van der Waals surface area contributed by atoms with Crippen LogP contribution >= 0.6 is 0 Å².